The number of aromatic hydroxyl groups is 2. The van der Waals surface area contributed by atoms with E-state index in [4.69, 9.17) is 11.6 Å². The molecule has 0 aliphatic carbocycles. The van der Waals surface area contributed by atoms with Crippen molar-refractivity contribution in [2.24, 2.45) is 0 Å². The lowest BCUT2D eigenvalue weighted by atomic mass is 10.1. The molecule has 0 saturated carbocycles. The Morgan fingerprint density at radius 2 is 1.95 bits per heavy atom. The SMILES string of the molecule is CN(CCc1ccccc1O)c1nc(Cl)ncc1O. The topological polar surface area (TPSA) is 69.5 Å². The second-order valence-corrected chi connectivity index (χ2v) is 4.49. The smallest absolute Gasteiger partial charge is 0.224 e. The molecule has 1 aromatic carbocycles. The monoisotopic (exact) mass is 279 g/mol. The summed E-state index contributed by atoms with van der Waals surface area (Å²) in [5, 5.41) is 19.4. The number of rotatable bonds is 4. The number of para-hydroxylation sites is 1. The van der Waals surface area contributed by atoms with Crippen molar-refractivity contribution < 1.29 is 10.2 Å². The van der Waals surface area contributed by atoms with Gasteiger partial charge in [0.25, 0.3) is 0 Å². The number of halogens is 1. The van der Waals surface area contributed by atoms with Crippen molar-refractivity contribution in [3.05, 3.63) is 41.3 Å². The van der Waals surface area contributed by atoms with Crippen molar-refractivity contribution in [3.8, 4) is 11.5 Å². The van der Waals surface area contributed by atoms with E-state index in [0.717, 1.165) is 5.56 Å². The molecule has 6 heteroatoms. The van der Waals surface area contributed by atoms with Crippen molar-refractivity contribution in [2.45, 2.75) is 6.42 Å². The van der Waals surface area contributed by atoms with Crippen molar-refractivity contribution in [3.63, 3.8) is 0 Å². The Hall–Kier alpha value is -2.01. The number of hydrogen-bond acceptors (Lipinski definition) is 5. The third kappa shape index (κ3) is 3.26. The normalized spacial score (nSPS) is 10.4. The van der Waals surface area contributed by atoms with E-state index >= 15 is 0 Å². The molecule has 0 saturated heterocycles. The van der Waals surface area contributed by atoms with Gasteiger partial charge in [-0.25, -0.2) is 4.98 Å². The van der Waals surface area contributed by atoms with Gasteiger partial charge in [0.05, 0.1) is 6.20 Å². The van der Waals surface area contributed by atoms with Crippen LogP contribution in [0.5, 0.6) is 11.5 Å². The zero-order valence-electron chi connectivity index (χ0n) is 10.4. The van der Waals surface area contributed by atoms with Gasteiger partial charge in [0, 0.05) is 13.6 Å². The fraction of sp³-hybridized carbons (Fsp3) is 0.231. The average Bonchev–Trinajstić information content (AvgIpc) is 2.40. The minimum atomic E-state index is -0.0239. The molecule has 0 radical (unpaired) electrons. The van der Waals surface area contributed by atoms with Crippen LogP contribution in [0.4, 0.5) is 5.82 Å². The number of anilines is 1. The van der Waals surface area contributed by atoms with Crippen LogP contribution in [-0.4, -0.2) is 33.8 Å². The molecule has 2 N–H and O–H groups in total. The summed E-state index contributed by atoms with van der Waals surface area (Å²) in [4.78, 5) is 9.43. The molecular weight excluding hydrogens is 266 g/mol. The van der Waals surface area contributed by atoms with E-state index < -0.39 is 0 Å². The van der Waals surface area contributed by atoms with Gasteiger partial charge < -0.3 is 15.1 Å². The number of phenols is 1. The van der Waals surface area contributed by atoms with Crippen molar-refractivity contribution in [1.29, 1.82) is 0 Å². The van der Waals surface area contributed by atoms with Crippen LogP contribution in [0.25, 0.3) is 0 Å². The van der Waals surface area contributed by atoms with Gasteiger partial charge >= 0.3 is 0 Å². The number of hydrogen-bond donors (Lipinski definition) is 2. The highest BCUT2D eigenvalue weighted by Crippen LogP contribution is 2.24. The molecule has 0 aliphatic heterocycles. The van der Waals surface area contributed by atoms with Gasteiger partial charge in [-0.05, 0) is 29.7 Å². The van der Waals surface area contributed by atoms with Crippen LogP contribution in [0, 0.1) is 0 Å². The maximum absolute atomic E-state index is 9.68. The van der Waals surface area contributed by atoms with E-state index in [0.29, 0.717) is 18.8 Å². The first-order valence-electron chi connectivity index (χ1n) is 5.77. The second-order valence-electron chi connectivity index (χ2n) is 4.15. The Labute approximate surface area is 116 Å². The van der Waals surface area contributed by atoms with E-state index in [1.807, 2.05) is 12.1 Å². The lowest BCUT2D eigenvalue weighted by Gasteiger charge is -2.19. The van der Waals surface area contributed by atoms with Crippen LogP contribution in [0.1, 0.15) is 5.56 Å². The van der Waals surface area contributed by atoms with Gasteiger partial charge in [0.2, 0.25) is 5.28 Å². The molecule has 100 valence electrons. The highest BCUT2D eigenvalue weighted by Gasteiger charge is 2.11. The summed E-state index contributed by atoms with van der Waals surface area (Å²) in [6.45, 7) is 0.582. The zero-order chi connectivity index (χ0) is 13.8. The number of aromatic nitrogens is 2. The highest BCUT2D eigenvalue weighted by atomic mass is 35.5. The summed E-state index contributed by atoms with van der Waals surface area (Å²) in [5.41, 5.74) is 0.842. The minimum absolute atomic E-state index is 0.0239. The predicted molar refractivity (Wildman–Crippen MR) is 73.8 cm³/mol. The minimum Gasteiger partial charge on any atom is -0.508 e. The first-order chi connectivity index (χ1) is 9.08. The molecule has 0 bridgehead atoms. The fourth-order valence-corrected chi connectivity index (χ4v) is 1.87. The van der Waals surface area contributed by atoms with Crippen LogP contribution < -0.4 is 4.90 Å². The number of likely N-dealkylation sites (N-methyl/N-ethyl adjacent to an activating group) is 1. The molecule has 2 aromatic rings. The van der Waals surface area contributed by atoms with Crippen molar-refractivity contribution >= 4 is 17.4 Å². The van der Waals surface area contributed by atoms with Gasteiger partial charge in [-0.1, -0.05) is 18.2 Å². The Balaban J connectivity index is 2.07. The third-order valence-corrected chi connectivity index (χ3v) is 2.97. The molecule has 2 rings (SSSR count). The summed E-state index contributed by atoms with van der Waals surface area (Å²) < 4.78 is 0. The van der Waals surface area contributed by atoms with E-state index in [9.17, 15) is 10.2 Å². The molecule has 0 atom stereocenters. The number of nitrogens with zero attached hydrogens (tertiary/aromatic N) is 3. The molecule has 0 spiro atoms. The van der Waals surface area contributed by atoms with Gasteiger partial charge in [0.15, 0.2) is 11.6 Å². The van der Waals surface area contributed by atoms with Gasteiger partial charge in [0.1, 0.15) is 5.75 Å². The Morgan fingerprint density at radius 1 is 1.21 bits per heavy atom. The average molecular weight is 280 g/mol. The van der Waals surface area contributed by atoms with Crippen molar-refractivity contribution in [2.75, 3.05) is 18.5 Å². The fourth-order valence-electron chi connectivity index (χ4n) is 1.74. The number of phenolic OH excluding ortho intramolecular Hbond substituents is 1. The number of benzene rings is 1. The molecule has 0 fully saturated rings. The first-order valence-corrected chi connectivity index (χ1v) is 6.15. The lowest BCUT2D eigenvalue weighted by Crippen LogP contribution is -2.21. The molecule has 0 aliphatic rings. The zero-order valence-corrected chi connectivity index (χ0v) is 11.2. The summed E-state index contributed by atoms with van der Waals surface area (Å²) >= 11 is 5.70. The van der Waals surface area contributed by atoms with E-state index in [-0.39, 0.29) is 16.8 Å². The maximum Gasteiger partial charge on any atom is 0.224 e. The molecule has 0 amide bonds. The Morgan fingerprint density at radius 3 is 2.68 bits per heavy atom. The van der Waals surface area contributed by atoms with E-state index in [2.05, 4.69) is 9.97 Å². The Kier molecular flexibility index (Phi) is 4.06. The second kappa shape index (κ2) is 5.75. The third-order valence-electron chi connectivity index (χ3n) is 2.79. The largest absolute Gasteiger partial charge is 0.508 e. The van der Waals surface area contributed by atoms with Crippen LogP contribution >= 0.6 is 11.6 Å². The van der Waals surface area contributed by atoms with Crippen LogP contribution in [0.15, 0.2) is 30.5 Å². The first kappa shape index (κ1) is 13.4. The highest BCUT2D eigenvalue weighted by molar-refractivity contribution is 6.28. The van der Waals surface area contributed by atoms with E-state index in [1.54, 1.807) is 24.1 Å². The van der Waals surface area contributed by atoms with Crippen LogP contribution in [0.3, 0.4) is 0 Å². The standard InChI is InChI=1S/C13H14ClN3O2/c1-17(12-11(19)8-15-13(14)16-12)7-6-9-4-2-3-5-10(9)18/h2-5,8,18-19H,6-7H2,1H3. The maximum atomic E-state index is 9.68. The van der Waals surface area contributed by atoms with E-state index in [1.165, 1.54) is 6.20 Å². The van der Waals surface area contributed by atoms with Gasteiger partial charge in [-0.15, -0.1) is 0 Å². The Bertz CT molecular complexity index is 578. The molecule has 0 unspecified atom stereocenters. The lowest BCUT2D eigenvalue weighted by molar-refractivity contribution is 0.466. The molecule has 5 nitrogen and oxygen atoms in total. The van der Waals surface area contributed by atoms with Crippen LogP contribution in [0.2, 0.25) is 5.28 Å². The predicted octanol–water partition coefficient (Wildman–Crippen LogP) is 2.22. The molecule has 1 aromatic heterocycles. The summed E-state index contributed by atoms with van der Waals surface area (Å²) in [6, 6.07) is 7.15. The van der Waals surface area contributed by atoms with Crippen LogP contribution in [-0.2, 0) is 6.42 Å². The summed E-state index contributed by atoms with van der Waals surface area (Å²) in [5.74, 6) is 0.612. The molecule has 1 heterocycles. The van der Waals surface area contributed by atoms with Crippen molar-refractivity contribution in [1.82, 2.24) is 9.97 Å². The molecule has 19 heavy (non-hydrogen) atoms. The molecular formula is C13H14ClN3O2. The van der Waals surface area contributed by atoms with Gasteiger partial charge in [-0.2, -0.15) is 4.98 Å². The van der Waals surface area contributed by atoms with Gasteiger partial charge in [-0.3, -0.25) is 0 Å². The summed E-state index contributed by atoms with van der Waals surface area (Å²) in [7, 11) is 1.79. The summed E-state index contributed by atoms with van der Waals surface area (Å²) in [6.07, 6.45) is 1.89. The quantitative estimate of drug-likeness (QED) is 0.840.